The topological polar surface area (TPSA) is 170 Å². The van der Waals surface area contributed by atoms with Gasteiger partial charge in [-0.25, -0.2) is 19.0 Å². The van der Waals surface area contributed by atoms with Crippen LogP contribution < -0.4 is 5.56 Å². The molecule has 4 rings (SSSR count). The predicted octanol–water partition coefficient (Wildman–Crippen LogP) is 1.16. The highest BCUT2D eigenvalue weighted by Gasteiger charge is 2.29. The van der Waals surface area contributed by atoms with Crippen LogP contribution in [0.1, 0.15) is 34.5 Å². The number of rotatable bonds is 8. The van der Waals surface area contributed by atoms with Gasteiger partial charge in [0.25, 0.3) is 5.56 Å². The van der Waals surface area contributed by atoms with E-state index in [2.05, 4.69) is 9.88 Å². The number of likely N-dealkylation sites (tertiary alicyclic amines) is 1. The summed E-state index contributed by atoms with van der Waals surface area (Å²) in [6.07, 6.45) is -0.574. The molecule has 0 amide bonds. The summed E-state index contributed by atoms with van der Waals surface area (Å²) in [6.45, 7) is 4.30. The van der Waals surface area contributed by atoms with E-state index in [1.54, 1.807) is 22.7 Å². The van der Waals surface area contributed by atoms with Gasteiger partial charge < -0.3 is 25.3 Å². The summed E-state index contributed by atoms with van der Waals surface area (Å²) in [5.41, 5.74) is 2.77. The smallest absolute Gasteiger partial charge is 0.335 e. The Hall–Kier alpha value is -4.00. The highest BCUT2D eigenvalue weighted by atomic mass is 19.1. The molecule has 1 saturated heterocycles. The van der Waals surface area contributed by atoms with Gasteiger partial charge in [0.05, 0.1) is 0 Å². The van der Waals surface area contributed by atoms with E-state index in [0.717, 1.165) is 43.7 Å². The van der Waals surface area contributed by atoms with E-state index in [4.69, 9.17) is 20.4 Å². The minimum Gasteiger partial charge on any atom is -0.479 e. The Balaban J connectivity index is 0.000000360. The van der Waals surface area contributed by atoms with Gasteiger partial charge in [-0.2, -0.15) is 0 Å². The van der Waals surface area contributed by atoms with Crippen LogP contribution in [0.25, 0.3) is 5.65 Å². The van der Waals surface area contributed by atoms with Gasteiger partial charge in [-0.1, -0.05) is 6.07 Å². The number of halogens is 1. The Kier molecular flexibility index (Phi) is 9.99. The van der Waals surface area contributed by atoms with E-state index >= 15 is 0 Å². The Morgan fingerprint density at radius 2 is 1.59 bits per heavy atom. The van der Waals surface area contributed by atoms with E-state index in [-0.39, 0.29) is 23.1 Å². The monoisotopic (exact) mass is 543 g/mol. The number of fused-ring (bicyclic) bond motifs is 1. The molecule has 2 aromatic heterocycles. The fourth-order valence-electron chi connectivity index (χ4n) is 4.33. The lowest BCUT2D eigenvalue weighted by Crippen LogP contribution is -2.39. The van der Waals surface area contributed by atoms with Crippen molar-refractivity contribution in [3.8, 4) is 0 Å². The van der Waals surface area contributed by atoms with E-state index in [1.165, 1.54) is 12.1 Å². The molecule has 2 atom stereocenters. The van der Waals surface area contributed by atoms with Gasteiger partial charge in [-0.3, -0.25) is 14.0 Å². The lowest BCUT2D eigenvalue weighted by atomic mass is 9.89. The summed E-state index contributed by atoms with van der Waals surface area (Å²) >= 11 is 0. The van der Waals surface area contributed by atoms with Gasteiger partial charge in [-0.15, -0.1) is 0 Å². The third kappa shape index (κ3) is 7.53. The van der Waals surface area contributed by atoms with Gasteiger partial charge in [-0.05, 0) is 75.7 Å². The third-order valence-electron chi connectivity index (χ3n) is 6.60. The molecule has 3 aromatic rings. The van der Waals surface area contributed by atoms with E-state index in [1.807, 2.05) is 25.1 Å². The first kappa shape index (κ1) is 29.6. The van der Waals surface area contributed by atoms with Crippen LogP contribution in [0.15, 0.2) is 53.5 Å². The average molecular weight is 544 g/mol. The number of aliphatic hydroxyl groups is 2. The Labute approximate surface area is 222 Å². The molecular weight excluding hydrogens is 513 g/mol. The molecule has 12 heteroatoms. The lowest BCUT2D eigenvalue weighted by molar-refractivity contribution is -0.165. The summed E-state index contributed by atoms with van der Waals surface area (Å²) in [6, 6.07) is 11.3. The quantitative estimate of drug-likeness (QED) is 0.302. The van der Waals surface area contributed by atoms with Crippen LogP contribution in [0.4, 0.5) is 4.39 Å². The summed E-state index contributed by atoms with van der Waals surface area (Å²) < 4.78 is 14.7. The fraction of sp³-hybridized carbons (Fsp3) is 0.370. The van der Waals surface area contributed by atoms with Gasteiger partial charge in [0, 0.05) is 35.5 Å². The van der Waals surface area contributed by atoms with Crippen molar-refractivity contribution in [3.63, 3.8) is 0 Å². The molecule has 208 valence electrons. The first-order chi connectivity index (χ1) is 18.5. The zero-order chi connectivity index (χ0) is 28.7. The number of Topliss-reactive ketones (excluding diaryl/α,β-unsaturated/α-hetero) is 1. The van der Waals surface area contributed by atoms with Gasteiger partial charge in [0.1, 0.15) is 11.5 Å². The Bertz CT molecular complexity index is 1370. The molecule has 4 N–H and O–H groups in total. The summed E-state index contributed by atoms with van der Waals surface area (Å²) in [4.78, 5) is 51.8. The average Bonchev–Trinajstić information content (AvgIpc) is 2.92. The highest BCUT2D eigenvalue weighted by Crippen LogP contribution is 2.22. The number of carboxylic acids is 2. The maximum atomic E-state index is 13.1. The molecule has 0 spiro atoms. The number of piperidine rings is 1. The summed E-state index contributed by atoms with van der Waals surface area (Å²) in [5.74, 6) is -3.79. The number of aliphatic hydroxyl groups excluding tert-OH is 2. The molecule has 1 aliphatic rings. The number of hydrogen-bond acceptors (Lipinski definition) is 8. The van der Waals surface area contributed by atoms with Crippen LogP contribution in [0, 0.1) is 18.7 Å². The van der Waals surface area contributed by atoms with Gasteiger partial charge in [0.2, 0.25) is 0 Å². The zero-order valence-corrected chi connectivity index (χ0v) is 21.2. The molecule has 0 bridgehead atoms. The number of carbonyl (C=O) groups excluding carboxylic acids is 1. The first-order valence-electron chi connectivity index (χ1n) is 12.3. The maximum Gasteiger partial charge on any atom is 0.335 e. The van der Waals surface area contributed by atoms with Crippen LogP contribution in [-0.4, -0.2) is 84.3 Å². The second-order valence-electron chi connectivity index (χ2n) is 9.21. The number of pyridine rings is 1. The minimum absolute atomic E-state index is 0.00512. The summed E-state index contributed by atoms with van der Waals surface area (Å²) in [7, 11) is 0. The molecular formula is C27H30FN3O8. The Morgan fingerprint density at radius 3 is 2.15 bits per heavy atom. The highest BCUT2D eigenvalue weighted by molar-refractivity contribution is 5.97. The molecule has 2 unspecified atom stereocenters. The van der Waals surface area contributed by atoms with Crippen molar-refractivity contribution in [2.24, 2.45) is 5.92 Å². The van der Waals surface area contributed by atoms with E-state index in [9.17, 15) is 23.6 Å². The molecule has 3 heterocycles. The number of carbonyl (C=O) groups is 3. The first-order valence-corrected chi connectivity index (χ1v) is 12.3. The van der Waals surface area contributed by atoms with Crippen LogP contribution in [0.3, 0.4) is 0 Å². The molecule has 0 saturated carbocycles. The van der Waals surface area contributed by atoms with Crippen molar-refractivity contribution >= 4 is 23.4 Å². The molecule has 0 radical (unpaired) electrons. The van der Waals surface area contributed by atoms with Crippen molar-refractivity contribution in [2.45, 2.75) is 38.4 Å². The third-order valence-corrected chi connectivity index (χ3v) is 6.60. The number of aromatic nitrogens is 2. The molecule has 1 fully saturated rings. The Morgan fingerprint density at radius 1 is 1.00 bits per heavy atom. The number of ketones is 1. The second kappa shape index (κ2) is 13.2. The molecule has 1 aliphatic heterocycles. The number of carboxylic acid groups (broad SMARTS) is 2. The number of aliphatic carboxylic acids is 2. The van der Waals surface area contributed by atoms with E-state index in [0.29, 0.717) is 17.6 Å². The van der Waals surface area contributed by atoms with Crippen molar-refractivity contribution in [1.29, 1.82) is 0 Å². The van der Waals surface area contributed by atoms with Crippen molar-refractivity contribution in [2.75, 3.05) is 19.6 Å². The normalized spacial score (nSPS) is 15.7. The zero-order valence-electron chi connectivity index (χ0n) is 21.2. The number of benzene rings is 1. The molecule has 0 aliphatic carbocycles. The van der Waals surface area contributed by atoms with Crippen molar-refractivity contribution in [1.82, 2.24) is 14.3 Å². The van der Waals surface area contributed by atoms with E-state index < -0.39 is 24.1 Å². The molecule has 39 heavy (non-hydrogen) atoms. The van der Waals surface area contributed by atoms with Gasteiger partial charge in [0.15, 0.2) is 18.0 Å². The predicted molar refractivity (Wildman–Crippen MR) is 137 cm³/mol. The van der Waals surface area contributed by atoms with Crippen LogP contribution in [0.2, 0.25) is 0 Å². The molecule has 11 nitrogen and oxygen atoms in total. The van der Waals surface area contributed by atoms with Crippen molar-refractivity contribution < 1.29 is 39.2 Å². The fourth-order valence-corrected chi connectivity index (χ4v) is 4.33. The maximum absolute atomic E-state index is 13.1. The number of nitrogens with zero attached hydrogens (tertiary/aromatic N) is 3. The summed E-state index contributed by atoms with van der Waals surface area (Å²) in [5, 5.41) is 32.5. The van der Waals surface area contributed by atoms with Crippen LogP contribution in [-0.2, 0) is 16.0 Å². The van der Waals surface area contributed by atoms with Gasteiger partial charge >= 0.3 is 11.9 Å². The van der Waals surface area contributed by atoms with Crippen LogP contribution in [0.5, 0.6) is 0 Å². The van der Waals surface area contributed by atoms with Crippen molar-refractivity contribution in [3.05, 3.63) is 81.7 Å². The second-order valence-corrected chi connectivity index (χ2v) is 9.21. The SMILES string of the molecule is Cc1nc2ccccn2c(=O)c1CCN1CCC(C(=O)c2ccc(F)cc2)CC1.O=C(O)C(O)C(O)C(=O)O. The standard InChI is InChI=1S/C23H24FN3O2.C4H6O6/c1-16-20(23(29)27-12-3-2-4-21(27)25-16)11-15-26-13-9-18(10-14-26)22(28)17-5-7-19(24)8-6-17;5-1(3(7)8)2(6)4(9)10/h2-8,12,18H,9-11,13-15H2,1H3;1-2,5-6H,(H,7,8)(H,9,10). The lowest BCUT2D eigenvalue weighted by Gasteiger charge is -2.31. The van der Waals surface area contributed by atoms with Crippen LogP contribution >= 0.6 is 0 Å². The number of aryl methyl sites for hydroxylation is 1. The minimum atomic E-state index is -2.27. The number of hydrogen-bond donors (Lipinski definition) is 4. The largest absolute Gasteiger partial charge is 0.479 e. The molecule has 1 aromatic carbocycles.